The number of hydrogen-bond acceptors (Lipinski definition) is 3. The predicted octanol–water partition coefficient (Wildman–Crippen LogP) is 3.33. The molecule has 0 bridgehead atoms. The molecule has 2 heterocycles. The van der Waals surface area contributed by atoms with Crippen molar-refractivity contribution in [2.24, 2.45) is 0 Å². The van der Waals surface area contributed by atoms with Gasteiger partial charge in [-0.3, -0.25) is 0 Å². The van der Waals surface area contributed by atoms with E-state index in [1.807, 2.05) is 6.20 Å². The van der Waals surface area contributed by atoms with Gasteiger partial charge in [-0.2, -0.15) is 0 Å². The van der Waals surface area contributed by atoms with Gasteiger partial charge in [0.2, 0.25) is 0 Å². The summed E-state index contributed by atoms with van der Waals surface area (Å²) < 4.78 is 1.06. The van der Waals surface area contributed by atoms with Crippen molar-refractivity contribution in [2.75, 3.05) is 18.0 Å². The van der Waals surface area contributed by atoms with Crippen molar-refractivity contribution in [3.05, 3.63) is 22.3 Å². The van der Waals surface area contributed by atoms with Gasteiger partial charge in [0.25, 0.3) is 0 Å². The molecule has 0 aromatic carbocycles. The number of pyridine rings is 1. The van der Waals surface area contributed by atoms with Crippen LogP contribution in [-0.2, 0) is 6.54 Å². The Hall–Kier alpha value is -0.610. The van der Waals surface area contributed by atoms with E-state index in [0.717, 1.165) is 29.9 Å². The summed E-state index contributed by atoms with van der Waals surface area (Å²) in [4.78, 5) is 7.11. The molecule has 1 aromatic heterocycles. The lowest BCUT2D eigenvalue weighted by Crippen LogP contribution is -2.39. The van der Waals surface area contributed by atoms with Crippen LogP contribution >= 0.6 is 15.9 Å². The summed E-state index contributed by atoms with van der Waals surface area (Å²) in [6.07, 6.45) is 5.81. The van der Waals surface area contributed by atoms with Crippen molar-refractivity contribution in [1.29, 1.82) is 0 Å². The zero-order valence-electron chi connectivity index (χ0n) is 11.2. The van der Waals surface area contributed by atoms with Gasteiger partial charge in [-0.05, 0) is 54.7 Å². The van der Waals surface area contributed by atoms with Crippen LogP contribution < -0.4 is 10.2 Å². The second-order valence-electron chi connectivity index (χ2n) is 4.95. The molecule has 18 heavy (non-hydrogen) atoms. The molecule has 1 aliphatic rings. The first-order chi connectivity index (χ1) is 8.72. The van der Waals surface area contributed by atoms with Crippen molar-refractivity contribution in [2.45, 2.75) is 45.7 Å². The smallest absolute Gasteiger partial charge is 0.133 e. The molecule has 0 radical (unpaired) electrons. The van der Waals surface area contributed by atoms with Gasteiger partial charge in [-0.15, -0.1) is 0 Å². The molecule has 1 aromatic rings. The van der Waals surface area contributed by atoms with E-state index >= 15 is 0 Å². The first-order valence-corrected chi connectivity index (χ1v) is 7.63. The largest absolute Gasteiger partial charge is 0.354 e. The number of nitrogens with one attached hydrogen (secondary N) is 1. The van der Waals surface area contributed by atoms with E-state index in [4.69, 9.17) is 0 Å². The highest BCUT2D eigenvalue weighted by Gasteiger charge is 2.21. The summed E-state index contributed by atoms with van der Waals surface area (Å²) in [5, 5.41) is 3.40. The Labute approximate surface area is 118 Å². The van der Waals surface area contributed by atoms with Crippen LogP contribution in [0.4, 0.5) is 5.82 Å². The molecular weight excluding hydrogens is 290 g/mol. The molecule has 0 spiro atoms. The van der Waals surface area contributed by atoms with Crippen LogP contribution in [0.5, 0.6) is 0 Å². The van der Waals surface area contributed by atoms with Crippen molar-refractivity contribution in [1.82, 2.24) is 10.3 Å². The summed E-state index contributed by atoms with van der Waals surface area (Å²) >= 11 is 3.52. The van der Waals surface area contributed by atoms with Gasteiger partial charge in [-0.1, -0.05) is 6.92 Å². The summed E-state index contributed by atoms with van der Waals surface area (Å²) in [5.41, 5.74) is 1.29. The predicted molar refractivity (Wildman–Crippen MR) is 80.0 cm³/mol. The minimum atomic E-state index is 0.604. The molecule has 1 atom stereocenters. The normalized spacial score (nSPS) is 20.2. The molecule has 0 saturated carbocycles. The quantitative estimate of drug-likeness (QED) is 0.924. The van der Waals surface area contributed by atoms with Gasteiger partial charge < -0.3 is 10.2 Å². The van der Waals surface area contributed by atoms with Gasteiger partial charge in [0.15, 0.2) is 0 Å². The third kappa shape index (κ3) is 3.23. The van der Waals surface area contributed by atoms with Crippen LogP contribution in [-0.4, -0.2) is 24.1 Å². The van der Waals surface area contributed by atoms with E-state index in [1.54, 1.807) is 0 Å². The van der Waals surface area contributed by atoms with E-state index in [9.17, 15) is 0 Å². The standard InChI is InChI=1S/C14H22BrN3/c1-3-16-9-12-8-13(15)10-17-14(12)18-7-5-4-6-11(18)2/h8,10-11,16H,3-7,9H2,1-2H3. The average Bonchev–Trinajstić information content (AvgIpc) is 2.37. The van der Waals surface area contributed by atoms with Gasteiger partial charge >= 0.3 is 0 Å². The maximum atomic E-state index is 4.64. The molecule has 1 N–H and O–H groups in total. The second-order valence-corrected chi connectivity index (χ2v) is 5.87. The number of hydrogen-bond donors (Lipinski definition) is 1. The summed E-state index contributed by atoms with van der Waals surface area (Å²) in [6.45, 7) is 7.45. The van der Waals surface area contributed by atoms with Crippen LogP contribution in [0, 0.1) is 0 Å². The number of nitrogens with zero attached hydrogens (tertiary/aromatic N) is 2. The van der Waals surface area contributed by atoms with Gasteiger partial charge in [0.1, 0.15) is 5.82 Å². The second kappa shape index (κ2) is 6.53. The Morgan fingerprint density at radius 1 is 1.50 bits per heavy atom. The third-order valence-corrected chi connectivity index (χ3v) is 3.98. The maximum Gasteiger partial charge on any atom is 0.133 e. The molecule has 4 heteroatoms. The highest BCUT2D eigenvalue weighted by atomic mass is 79.9. The number of piperidine rings is 1. The highest BCUT2D eigenvalue weighted by molar-refractivity contribution is 9.10. The van der Waals surface area contributed by atoms with Crippen LogP contribution in [0.25, 0.3) is 0 Å². The topological polar surface area (TPSA) is 28.2 Å². The Kier molecular flexibility index (Phi) is 5.01. The Morgan fingerprint density at radius 3 is 3.06 bits per heavy atom. The fraction of sp³-hybridized carbons (Fsp3) is 0.643. The Balaban J connectivity index is 2.24. The van der Waals surface area contributed by atoms with Crippen molar-refractivity contribution >= 4 is 21.7 Å². The van der Waals surface area contributed by atoms with Crippen molar-refractivity contribution < 1.29 is 0 Å². The highest BCUT2D eigenvalue weighted by Crippen LogP contribution is 2.27. The molecule has 100 valence electrons. The number of halogens is 1. The number of aromatic nitrogens is 1. The zero-order chi connectivity index (χ0) is 13.0. The number of rotatable bonds is 4. The van der Waals surface area contributed by atoms with Crippen LogP contribution in [0.15, 0.2) is 16.7 Å². The van der Waals surface area contributed by atoms with Crippen LogP contribution in [0.2, 0.25) is 0 Å². The lowest BCUT2D eigenvalue weighted by molar-refractivity contribution is 0.479. The third-order valence-electron chi connectivity index (χ3n) is 3.55. The zero-order valence-corrected chi connectivity index (χ0v) is 12.8. The van der Waals surface area contributed by atoms with Gasteiger partial charge in [-0.25, -0.2) is 4.98 Å². The molecule has 1 aliphatic heterocycles. The first kappa shape index (κ1) is 13.8. The molecule has 0 aliphatic carbocycles. The van der Waals surface area contributed by atoms with E-state index in [-0.39, 0.29) is 0 Å². The molecule has 0 amide bonds. The summed E-state index contributed by atoms with van der Waals surface area (Å²) in [6, 6.07) is 2.79. The van der Waals surface area contributed by atoms with E-state index in [2.05, 4.69) is 51.0 Å². The number of anilines is 1. The molecular formula is C14H22BrN3. The maximum absolute atomic E-state index is 4.64. The van der Waals surface area contributed by atoms with Gasteiger partial charge in [0, 0.05) is 35.4 Å². The molecule has 1 saturated heterocycles. The monoisotopic (exact) mass is 311 g/mol. The minimum absolute atomic E-state index is 0.604. The van der Waals surface area contributed by atoms with E-state index < -0.39 is 0 Å². The fourth-order valence-corrected chi connectivity index (χ4v) is 2.91. The average molecular weight is 312 g/mol. The van der Waals surface area contributed by atoms with Crippen molar-refractivity contribution in [3.63, 3.8) is 0 Å². The lowest BCUT2D eigenvalue weighted by atomic mass is 10.0. The minimum Gasteiger partial charge on any atom is -0.354 e. The van der Waals surface area contributed by atoms with E-state index in [1.165, 1.54) is 24.8 Å². The lowest BCUT2D eigenvalue weighted by Gasteiger charge is -2.35. The fourth-order valence-electron chi connectivity index (χ4n) is 2.54. The molecule has 2 rings (SSSR count). The first-order valence-electron chi connectivity index (χ1n) is 6.84. The van der Waals surface area contributed by atoms with E-state index in [0.29, 0.717) is 6.04 Å². The molecule has 1 unspecified atom stereocenters. The van der Waals surface area contributed by atoms with Crippen LogP contribution in [0.3, 0.4) is 0 Å². The van der Waals surface area contributed by atoms with Crippen LogP contribution in [0.1, 0.15) is 38.7 Å². The molecule has 1 fully saturated rings. The molecule has 3 nitrogen and oxygen atoms in total. The van der Waals surface area contributed by atoms with Gasteiger partial charge in [0.05, 0.1) is 0 Å². The summed E-state index contributed by atoms with van der Waals surface area (Å²) in [7, 11) is 0. The SMILES string of the molecule is CCNCc1cc(Br)cnc1N1CCCCC1C. The Morgan fingerprint density at radius 2 is 2.33 bits per heavy atom. The van der Waals surface area contributed by atoms with Crippen molar-refractivity contribution in [3.8, 4) is 0 Å². The summed E-state index contributed by atoms with van der Waals surface area (Å²) in [5.74, 6) is 1.16. The Bertz CT molecular complexity index is 395.